The second-order valence-corrected chi connectivity index (χ2v) is 5.19. The molecule has 0 aromatic heterocycles. The highest BCUT2D eigenvalue weighted by atomic mass is 16.5. The molecule has 0 unspecified atom stereocenters. The summed E-state index contributed by atoms with van der Waals surface area (Å²) in [7, 11) is 0. The maximum atomic E-state index is 11.6. The van der Waals surface area contributed by atoms with Crippen LogP contribution >= 0.6 is 0 Å². The van der Waals surface area contributed by atoms with E-state index in [1.807, 2.05) is 31.2 Å². The molecule has 0 saturated carbocycles. The number of anilines is 2. The number of carbonyl (C=O) groups excluding carboxylic acids is 1. The summed E-state index contributed by atoms with van der Waals surface area (Å²) >= 11 is 0. The summed E-state index contributed by atoms with van der Waals surface area (Å²) in [5.74, 6) is -0.176. The number of ether oxygens (including phenoxy) is 1. The van der Waals surface area contributed by atoms with Gasteiger partial charge in [0, 0.05) is 12.1 Å². The highest BCUT2D eigenvalue weighted by Gasteiger charge is 2.30. The first-order valence-electron chi connectivity index (χ1n) is 6.29. The van der Waals surface area contributed by atoms with Crippen molar-refractivity contribution in [1.29, 1.82) is 0 Å². The molecular weight excluding hydrogens is 228 g/mol. The van der Waals surface area contributed by atoms with Crippen molar-refractivity contribution in [3.63, 3.8) is 0 Å². The lowest BCUT2D eigenvalue weighted by atomic mass is 9.99. The van der Waals surface area contributed by atoms with Crippen LogP contribution in [0.5, 0.6) is 0 Å². The first-order valence-corrected chi connectivity index (χ1v) is 6.29. The number of hydrogen-bond acceptors (Lipinski definition) is 4. The lowest BCUT2D eigenvalue weighted by Gasteiger charge is -2.41. The summed E-state index contributed by atoms with van der Waals surface area (Å²) in [4.78, 5) is 13.7. The summed E-state index contributed by atoms with van der Waals surface area (Å²) < 4.78 is 5.03. The Balaban J connectivity index is 2.22. The normalized spacial score (nSPS) is 16.7. The molecule has 0 radical (unpaired) electrons. The van der Waals surface area contributed by atoms with E-state index in [1.165, 1.54) is 0 Å². The molecule has 1 N–H and O–H groups in total. The van der Waals surface area contributed by atoms with Crippen LogP contribution in [-0.4, -0.2) is 31.2 Å². The Kier molecular flexibility index (Phi) is 3.45. The first-order chi connectivity index (χ1) is 8.52. The lowest BCUT2D eigenvalue weighted by molar-refractivity contribution is -0.141. The SMILES string of the molecule is CCOC(=O)CN1CC(C)(C)Nc2ccccc21. The zero-order chi connectivity index (χ0) is 13.2. The Morgan fingerprint density at radius 1 is 1.44 bits per heavy atom. The van der Waals surface area contributed by atoms with Crippen LogP contribution in [0.3, 0.4) is 0 Å². The monoisotopic (exact) mass is 248 g/mol. The van der Waals surface area contributed by atoms with E-state index in [9.17, 15) is 4.79 Å². The first kappa shape index (κ1) is 12.7. The third-order valence-corrected chi connectivity index (χ3v) is 2.93. The van der Waals surface area contributed by atoms with Gasteiger partial charge in [0.25, 0.3) is 0 Å². The maximum absolute atomic E-state index is 11.6. The minimum atomic E-state index is -0.176. The molecule has 2 rings (SSSR count). The van der Waals surface area contributed by atoms with Crippen LogP contribution in [-0.2, 0) is 9.53 Å². The number of benzene rings is 1. The van der Waals surface area contributed by atoms with Crippen LogP contribution in [0.15, 0.2) is 24.3 Å². The van der Waals surface area contributed by atoms with Crippen molar-refractivity contribution in [3.8, 4) is 0 Å². The van der Waals surface area contributed by atoms with E-state index >= 15 is 0 Å². The van der Waals surface area contributed by atoms with E-state index in [0.717, 1.165) is 17.9 Å². The zero-order valence-electron chi connectivity index (χ0n) is 11.2. The number of rotatable bonds is 3. The van der Waals surface area contributed by atoms with Gasteiger partial charge in [-0.3, -0.25) is 4.79 Å². The number of carbonyl (C=O) groups is 1. The molecule has 4 heteroatoms. The van der Waals surface area contributed by atoms with Gasteiger partial charge in [-0.2, -0.15) is 0 Å². The average molecular weight is 248 g/mol. The van der Waals surface area contributed by atoms with Crippen LogP contribution < -0.4 is 10.2 Å². The smallest absolute Gasteiger partial charge is 0.325 e. The molecule has 1 aliphatic heterocycles. The molecule has 0 amide bonds. The van der Waals surface area contributed by atoms with E-state index < -0.39 is 0 Å². The minimum Gasteiger partial charge on any atom is -0.465 e. The van der Waals surface area contributed by atoms with Crippen LogP contribution in [0.2, 0.25) is 0 Å². The fourth-order valence-electron chi connectivity index (χ4n) is 2.33. The molecular formula is C14H20N2O2. The van der Waals surface area contributed by atoms with Gasteiger partial charge in [0.2, 0.25) is 0 Å². The van der Waals surface area contributed by atoms with Gasteiger partial charge in [0.15, 0.2) is 0 Å². The number of nitrogens with zero attached hydrogens (tertiary/aromatic N) is 1. The fourth-order valence-corrected chi connectivity index (χ4v) is 2.33. The van der Waals surface area contributed by atoms with Crippen molar-refractivity contribution in [3.05, 3.63) is 24.3 Å². The second-order valence-electron chi connectivity index (χ2n) is 5.19. The minimum absolute atomic E-state index is 0.0547. The Morgan fingerprint density at radius 2 is 2.17 bits per heavy atom. The molecule has 98 valence electrons. The van der Waals surface area contributed by atoms with Gasteiger partial charge >= 0.3 is 5.97 Å². The van der Waals surface area contributed by atoms with Crippen LogP contribution in [0.1, 0.15) is 20.8 Å². The molecule has 1 heterocycles. The average Bonchev–Trinajstić information content (AvgIpc) is 2.27. The Morgan fingerprint density at radius 3 is 2.89 bits per heavy atom. The van der Waals surface area contributed by atoms with Crippen molar-refractivity contribution >= 4 is 17.3 Å². The number of fused-ring (bicyclic) bond motifs is 1. The summed E-state index contributed by atoms with van der Waals surface area (Å²) in [5, 5.41) is 3.48. The summed E-state index contributed by atoms with van der Waals surface area (Å²) in [6, 6.07) is 8.04. The second kappa shape index (κ2) is 4.88. The van der Waals surface area contributed by atoms with Crippen molar-refractivity contribution in [1.82, 2.24) is 0 Å². The van der Waals surface area contributed by atoms with Gasteiger partial charge in [0.1, 0.15) is 6.54 Å². The number of hydrogen-bond donors (Lipinski definition) is 1. The highest BCUT2D eigenvalue weighted by Crippen LogP contribution is 2.33. The third-order valence-electron chi connectivity index (χ3n) is 2.93. The van der Waals surface area contributed by atoms with Gasteiger partial charge in [-0.25, -0.2) is 0 Å². The Labute approximate surface area is 108 Å². The molecule has 18 heavy (non-hydrogen) atoms. The van der Waals surface area contributed by atoms with Crippen molar-refractivity contribution in [2.75, 3.05) is 29.9 Å². The predicted molar refractivity (Wildman–Crippen MR) is 73.0 cm³/mol. The molecule has 1 aromatic carbocycles. The molecule has 4 nitrogen and oxygen atoms in total. The fraction of sp³-hybridized carbons (Fsp3) is 0.500. The van der Waals surface area contributed by atoms with Crippen molar-refractivity contribution < 1.29 is 9.53 Å². The third kappa shape index (κ3) is 2.75. The van der Waals surface area contributed by atoms with Crippen LogP contribution in [0.4, 0.5) is 11.4 Å². The topological polar surface area (TPSA) is 41.6 Å². The molecule has 1 aliphatic rings. The number of nitrogens with one attached hydrogen (secondary N) is 1. The molecule has 0 aliphatic carbocycles. The van der Waals surface area contributed by atoms with Crippen LogP contribution in [0, 0.1) is 0 Å². The van der Waals surface area contributed by atoms with Crippen molar-refractivity contribution in [2.24, 2.45) is 0 Å². The predicted octanol–water partition coefficient (Wildman–Crippen LogP) is 2.26. The maximum Gasteiger partial charge on any atom is 0.325 e. The summed E-state index contributed by atoms with van der Waals surface area (Å²) in [6.07, 6.45) is 0. The zero-order valence-corrected chi connectivity index (χ0v) is 11.2. The highest BCUT2D eigenvalue weighted by molar-refractivity contribution is 5.81. The standard InChI is InChI=1S/C14H20N2O2/c1-4-18-13(17)9-16-10-14(2,3)15-11-7-5-6-8-12(11)16/h5-8,15H,4,9-10H2,1-3H3. The Bertz CT molecular complexity index is 443. The molecule has 0 spiro atoms. The lowest BCUT2D eigenvalue weighted by Crippen LogP contribution is -2.50. The molecule has 0 saturated heterocycles. The van der Waals surface area contributed by atoms with E-state index in [-0.39, 0.29) is 11.5 Å². The molecule has 0 atom stereocenters. The van der Waals surface area contributed by atoms with E-state index in [4.69, 9.17) is 4.74 Å². The van der Waals surface area contributed by atoms with Gasteiger partial charge < -0.3 is 15.0 Å². The van der Waals surface area contributed by atoms with E-state index in [2.05, 4.69) is 24.1 Å². The van der Waals surface area contributed by atoms with Gasteiger partial charge in [-0.1, -0.05) is 12.1 Å². The molecule has 0 fully saturated rings. The Hall–Kier alpha value is -1.71. The van der Waals surface area contributed by atoms with Gasteiger partial charge in [-0.15, -0.1) is 0 Å². The van der Waals surface area contributed by atoms with E-state index in [0.29, 0.717) is 13.2 Å². The van der Waals surface area contributed by atoms with Crippen LogP contribution in [0.25, 0.3) is 0 Å². The number of esters is 1. The van der Waals surface area contributed by atoms with Crippen molar-refractivity contribution in [2.45, 2.75) is 26.3 Å². The quantitative estimate of drug-likeness (QED) is 0.833. The largest absolute Gasteiger partial charge is 0.465 e. The molecule has 0 bridgehead atoms. The van der Waals surface area contributed by atoms with E-state index in [1.54, 1.807) is 0 Å². The summed E-state index contributed by atoms with van der Waals surface area (Å²) in [6.45, 7) is 7.59. The van der Waals surface area contributed by atoms with Gasteiger partial charge in [0.05, 0.1) is 18.0 Å². The summed E-state index contributed by atoms with van der Waals surface area (Å²) in [5.41, 5.74) is 2.07. The molecule has 1 aromatic rings. The van der Waals surface area contributed by atoms with Gasteiger partial charge in [-0.05, 0) is 32.9 Å². The number of para-hydroxylation sites is 2.